The second-order valence-electron chi connectivity index (χ2n) is 9.53. The molecule has 2 aliphatic rings. The maximum atomic E-state index is 13.5. The van der Waals surface area contributed by atoms with Crippen molar-refractivity contribution in [2.24, 2.45) is 0 Å². The number of aromatic nitrogens is 2. The van der Waals surface area contributed by atoms with Gasteiger partial charge in [0, 0.05) is 31.8 Å². The molecule has 0 N–H and O–H groups in total. The van der Waals surface area contributed by atoms with Gasteiger partial charge in [0.05, 0.1) is 18.8 Å². The molecular formula is C24H31FN4O4S. The van der Waals surface area contributed by atoms with Crippen LogP contribution in [0.3, 0.4) is 0 Å². The number of nitrogens with zero attached hydrogens (tertiary/aromatic N) is 4. The van der Waals surface area contributed by atoms with Crippen LogP contribution in [-0.2, 0) is 9.47 Å². The summed E-state index contributed by atoms with van der Waals surface area (Å²) in [5.74, 6) is 0.941. The first-order valence-electron chi connectivity index (χ1n) is 11.4. The number of anilines is 1. The van der Waals surface area contributed by atoms with Crippen molar-refractivity contribution in [1.82, 2.24) is 14.9 Å². The zero-order valence-electron chi connectivity index (χ0n) is 20.0. The average Bonchev–Trinajstić information content (AvgIpc) is 2.78. The van der Waals surface area contributed by atoms with Gasteiger partial charge < -0.3 is 24.0 Å². The van der Waals surface area contributed by atoms with Gasteiger partial charge in [0.25, 0.3) is 0 Å². The predicted octanol–water partition coefficient (Wildman–Crippen LogP) is 4.74. The van der Waals surface area contributed by atoms with E-state index >= 15 is 0 Å². The van der Waals surface area contributed by atoms with E-state index in [4.69, 9.17) is 14.2 Å². The highest BCUT2D eigenvalue weighted by molar-refractivity contribution is 7.98. The topological polar surface area (TPSA) is 77.0 Å². The molecule has 34 heavy (non-hydrogen) atoms. The third kappa shape index (κ3) is 6.09. The number of piperidine rings is 1. The van der Waals surface area contributed by atoms with Gasteiger partial charge in [-0.3, -0.25) is 0 Å². The SMILES string of the molecule is CSc1cc(Oc2cccc(F)c2)nc(N2CCC3(CC2)CN(C(=O)OC(C)(C)C)CCO3)n1. The fourth-order valence-corrected chi connectivity index (χ4v) is 4.48. The fourth-order valence-electron chi connectivity index (χ4n) is 4.09. The third-order valence-corrected chi connectivity index (χ3v) is 6.38. The summed E-state index contributed by atoms with van der Waals surface area (Å²) in [5.41, 5.74) is -0.930. The predicted molar refractivity (Wildman–Crippen MR) is 128 cm³/mol. The van der Waals surface area contributed by atoms with Crippen molar-refractivity contribution < 1.29 is 23.4 Å². The van der Waals surface area contributed by atoms with E-state index in [1.165, 1.54) is 23.9 Å². The first kappa shape index (κ1) is 24.5. The number of carbonyl (C=O) groups excluding carboxylic acids is 1. The Morgan fingerprint density at radius 2 is 1.94 bits per heavy atom. The second-order valence-corrected chi connectivity index (χ2v) is 10.4. The molecule has 2 saturated heterocycles. The molecule has 0 unspecified atom stereocenters. The zero-order chi connectivity index (χ0) is 24.3. The maximum Gasteiger partial charge on any atom is 0.410 e. The molecule has 0 bridgehead atoms. The van der Waals surface area contributed by atoms with Crippen molar-refractivity contribution >= 4 is 23.8 Å². The number of carbonyl (C=O) groups is 1. The number of rotatable bonds is 4. The van der Waals surface area contributed by atoms with Gasteiger partial charge in [-0.2, -0.15) is 4.98 Å². The number of benzene rings is 1. The van der Waals surface area contributed by atoms with Gasteiger partial charge in [0.1, 0.15) is 22.2 Å². The van der Waals surface area contributed by atoms with E-state index in [0.29, 0.717) is 50.4 Å². The van der Waals surface area contributed by atoms with Gasteiger partial charge in [0.15, 0.2) is 0 Å². The summed E-state index contributed by atoms with van der Waals surface area (Å²) >= 11 is 1.49. The Kier molecular flexibility index (Phi) is 7.18. The third-order valence-electron chi connectivity index (χ3n) is 5.75. The molecule has 2 fully saturated rings. The van der Waals surface area contributed by atoms with Crippen LogP contribution in [0.5, 0.6) is 11.6 Å². The van der Waals surface area contributed by atoms with Gasteiger partial charge in [-0.1, -0.05) is 6.07 Å². The Balaban J connectivity index is 1.44. The van der Waals surface area contributed by atoms with Crippen LogP contribution in [-0.4, -0.2) is 71.2 Å². The molecule has 0 radical (unpaired) electrons. The lowest BCUT2D eigenvalue weighted by atomic mass is 9.89. The number of ether oxygens (including phenoxy) is 3. The Bertz CT molecular complexity index is 1020. The molecule has 3 heterocycles. The molecule has 0 atom stereocenters. The summed E-state index contributed by atoms with van der Waals surface area (Å²) in [4.78, 5) is 25.7. The summed E-state index contributed by atoms with van der Waals surface area (Å²) in [6, 6.07) is 7.71. The molecule has 8 nitrogen and oxygen atoms in total. The van der Waals surface area contributed by atoms with Crippen LogP contribution >= 0.6 is 11.8 Å². The lowest BCUT2D eigenvalue weighted by Crippen LogP contribution is -2.58. The van der Waals surface area contributed by atoms with Crippen molar-refractivity contribution in [3.8, 4) is 11.6 Å². The molecule has 4 rings (SSSR count). The standard InChI is InChI=1S/C24H31FN4O4S/c1-23(2,3)33-22(30)29-12-13-31-24(16-29)8-10-28(11-9-24)21-26-19(15-20(27-21)34-4)32-18-7-5-6-17(25)14-18/h5-7,14-15H,8-13,16H2,1-4H3. The Morgan fingerprint density at radius 1 is 1.18 bits per heavy atom. The highest BCUT2D eigenvalue weighted by Crippen LogP contribution is 2.33. The first-order chi connectivity index (χ1) is 16.1. The molecule has 184 valence electrons. The number of hydrogen-bond donors (Lipinski definition) is 0. The minimum Gasteiger partial charge on any atom is -0.444 e. The lowest BCUT2D eigenvalue weighted by Gasteiger charge is -2.47. The highest BCUT2D eigenvalue weighted by atomic mass is 32.2. The molecule has 2 aliphatic heterocycles. The molecule has 2 aromatic rings. The Morgan fingerprint density at radius 3 is 2.62 bits per heavy atom. The summed E-state index contributed by atoms with van der Waals surface area (Å²) in [5, 5.41) is 0.765. The summed E-state index contributed by atoms with van der Waals surface area (Å²) in [7, 11) is 0. The van der Waals surface area contributed by atoms with Gasteiger partial charge in [-0.05, 0) is 52.0 Å². The van der Waals surface area contributed by atoms with E-state index in [1.807, 2.05) is 27.0 Å². The molecule has 1 spiro atoms. The number of morpholine rings is 1. The number of thioether (sulfide) groups is 1. The summed E-state index contributed by atoms with van der Waals surface area (Å²) in [6.45, 7) is 8.50. The van der Waals surface area contributed by atoms with Crippen molar-refractivity contribution in [1.29, 1.82) is 0 Å². The van der Waals surface area contributed by atoms with Crippen LogP contribution in [0, 0.1) is 5.82 Å². The number of halogens is 1. The van der Waals surface area contributed by atoms with E-state index < -0.39 is 11.2 Å². The average molecular weight is 491 g/mol. The van der Waals surface area contributed by atoms with Gasteiger partial charge >= 0.3 is 6.09 Å². The molecule has 0 aliphatic carbocycles. The lowest BCUT2D eigenvalue weighted by molar-refractivity contribution is -0.119. The Hall–Kier alpha value is -2.59. The largest absolute Gasteiger partial charge is 0.444 e. The van der Waals surface area contributed by atoms with Crippen LogP contribution in [0.2, 0.25) is 0 Å². The van der Waals surface area contributed by atoms with E-state index in [1.54, 1.807) is 23.1 Å². The number of amides is 1. The molecule has 1 amide bonds. The second kappa shape index (κ2) is 9.95. The van der Waals surface area contributed by atoms with Crippen LogP contribution in [0.4, 0.5) is 15.1 Å². The highest BCUT2D eigenvalue weighted by Gasteiger charge is 2.42. The molecular weight excluding hydrogens is 459 g/mol. The van der Waals surface area contributed by atoms with E-state index in [2.05, 4.69) is 14.9 Å². The van der Waals surface area contributed by atoms with E-state index in [0.717, 1.165) is 17.9 Å². The van der Waals surface area contributed by atoms with Crippen molar-refractivity contribution in [3.05, 3.63) is 36.1 Å². The molecule has 0 saturated carbocycles. The van der Waals surface area contributed by atoms with Crippen molar-refractivity contribution in [3.63, 3.8) is 0 Å². The number of hydrogen-bond acceptors (Lipinski definition) is 8. The van der Waals surface area contributed by atoms with E-state index in [-0.39, 0.29) is 11.9 Å². The van der Waals surface area contributed by atoms with Crippen molar-refractivity contribution in [2.45, 2.75) is 49.8 Å². The quantitative estimate of drug-likeness (QED) is 0.450. The van der Waals surface area contributed by atoms with E-state index in [9.17, 15) is 9.18 Å². The molecule has 1 aromatic carbocycles. The maximum absolute atomic E-state index is 13.5. The zero-order valence-corrected chi connectivity index (χ0v) is 20.9. The van der Waals surface area contributed by atoms with Gasteiger partial charge in [0.2, 0.25) is 11.8 Å². The monoisotopic (exact) mass is 490 g/mol. The van der Waals surface area contributed by atoms with Crippen LogP contribution in [0.15, 0.2) is 35.4 Å². The van der Waals surface area contributed by atoms with Crippen LogP contribution in [0.25, 0.3) is 0 Å². The Labute approximate surface area is 203 Å². The fraction of sp³-hybridized carbons (Fsp3) is 0.542. The summed E-state index contributed by atoms with van der Waals surface area (Å²) in [6.07, 6.45) is 3.11. The smallest absolute Gasteiger partial charge is 0.410 e. The van der Waals surface area contributed by atoms with Crippen LogP contribution in [0.1, 0.15) is 33.6 Å². The van der Waals surface area contributed by atoms with Crippen molar-refractivity contribution in [2.75, 3.05) is 43.9 Å². The minimum atomic E-state index is -0.531. The van der Waals surface area contributed by atoms with Crippen LogP contribution < -0.4 is 9.64 Å². The molecule has 10 heteroatoms. The normalized spacial score (nSPS) is 18.1. The summed E-state index contributed by atoms with van der Waals surface area (Å²) < 4.78 is 31.1. The van der Waals surface area contributed by atoms with Gasteiger partial charge in [-0.15, -0.1) is 11.8 Å². The minimum absolute atomic E-state index is 0.298. The first-order valence-corrected chi connectivity index (χ1v) is 12.6. The molecule has 1 aromatic heterocycles. The van der Waals surface area contributed by atoms with Gasteiger partial charge in [-0.25, -0.2) is 14.2 Å².